The minimum absolute atomic E-state index is 0.0403. The van der Waals surface area contributed by atoms with Gasteiger partial charge in [-0.2, -0.15) is 0 Å². The molecule has 3 nitrogen and oxygen atoms in total. The van der Waals surface area contributed by atoms with Gasteiger partial charge in [-0.15, -0.1) is 0 Å². The Labute approximate surface area is 168 Å². The first-order valence-corrected chi connectivity index (χ1v) is 9.96. The SMILES string of the molecule is O=Cc1cc(Cl)c(OC2CCN(c3ccc(C4CC4)c(Cl)c3)CC2)cc1F. The largest absolute Gasteiger partial charge is 0.489 e. The minimum Gasteiger partial charge on any atom is -0.489 e. The summed E-state index contributed by atoms with van der Waals surface area (Å²) in [7, 11) is 0. The second kappa shape index (κ2) is 7.69. The van der Waals surface area contributed by atoms with E-state index in [0.717, 1.165) is 36.6 Å². The van der Waals surface area contributed by atoms with Crippen molar-refractivity contribution in [1.29, 1.82) is 0 Å². The van der Waals surface area contributed by atoms with Crippen molar-refractivity contribution in [2.75, 3.05) is 18.0 Å². The Morgan fingerprint density at radius 2 is 1.78 bits per heavy atom. The van der Waals surface area contributed by atoms with Crippen LogP contribution < -0.4 is 9.64 Å². The number of halogens is 3. The van der Waals surface area contributed by atoms with Gasteiger partial charge in [0.25, 0.3) is 0 Å². The van der Waals surface area contributed by atoms with Gasteiger partial charge in [0.2, 0.25) is 0 Å². The third-order valence-corrected chi connectivity index (χ3v) is 5.90. The second-order valence-electron chi connectivity index (χ2n) is 7.21. The zero-order valence-electron chi connectivity index (χ0n) is 14.8. The van der Waals surface area contributed by atoms with Crippen molar-refractivity contribution in [3.05, 3.63) is 57.3 Å². The van der Waals surface area contributed by atoms with Gasteiger partial charge in [0, 0.05) is 42.7 Å². The molecule has 0 N–H and O–H groups in total. The molecule has 0 atom stereocenters. The average Bonchev–Trinajstić information content (AvgIpc) is 3.50. The number of benzene rings is 2. The van der Waals surface area contributed by atoms with Crippen LogP contribution in [0.5, 0.6) is 5.75 Å². The number of ether oxygens (including phenoxy) is 1. The molecule has 2 aliphatic rings. The summed E-state index contributed by atoms with van der Waals surface area (Å²) in [6.07, 6.45) is 4.48. The molecule has 0 radical (unpaired) electrons. The standard InChI is InChI=1S/C21H20Cl2FNO2/c22-18-10-15(3-4-17(18)13-1-2-13)25-7-5-16(6-8-25)27-21-11-20(24)14(12-26)9-19(21)23/h3-4,9-13,16H,1-2,5-8H2. The fraction of sp³-hybridized carbons (Fsp3) is 0.381. The third kappa shape index (κ3) is 4.07. The molecular weight excluding hydrogens is 388 g/mol. The summed E-state index contributed by atoms with van der Waals surface area (Å²) in [5.74, 6) is 0.309. The van der Waals surface area contributed by atoms with Crippen LogP contribution in [-0.4, -0.2) is 25.5 Å². The monoisotopic (exact) mass is 407 g/mol. The normalized spacial score (nSPS) is 17.8. The molecule has 0 aromatic heterocycles. The Bertz CT molecular complexity index is 862. The van der Waals surface area contributed by atoms with Gasteiger partial charge in [0.05, 0.1) is 10.6 Å². The van der Waals surface area contributed by atoms with Crippen LogP contribution in [0.1, 0.15) is 47.5 Å². The number of piperidine rings is 1. The van der Waals surface area contributed by atoms with Crippen molar-refractivity contribution < 1.29 is 13.9 Å². The van der Waals surface area contributed by atoms with Crippen molar-refractivity contribution in [3.63, 3.8) is 0 Å². The Morgan fingerprint density at radius 3 is 2.41 bits per heavy atom. The fourth-order valence-electron chi connectivity index (χ4n) is 3.57. The third-order valence-electron chi connectivity index (χ3n) is 5.28. The number of hydrogen-bond donors (Lipinski definition) is 0. The van der Waals surface area contributed by atoms with Crippen molar-refractivity contribution in [2.45, 2.75) is 37.7 Å². The van der Waals surface area contributed by atoms with Gasteiger partial charge < -0.3 is 9.64 Å². The molecule has 0 amide bonds. The molecule has 1 heterocycles. The molecule has 2 fully saturated rings. The first-order chi connectivity index (χ1) is 13.0. The number of rotatable bonds is 5. The topological polar surface area (TPSA) is 29.5 Å². The predicted octanol–water partition coefficient (Wildman–Crippen LogP) is 5.87. The zero-order chi connectivity index (χ0) is 19.0. The lowest BCUT2D eigenvalue weighted by Gasteiger charge is -2.34. The van der Waals surface area contributed by atoms with E-state index in [1.54, 1.807) is 0 Å². The maximum absolute atomic E-state index is 13.8. The summed E-state index contributed by atoms with van der Waals surface area (Å²) in [6, 6.07) is 8.84. The van der Waals surface area contributed by atoms with Crippen LogP contribution in [0.3, 0.4) is 0 Å². The summed E-state index contributed by atoms with van der Waals surface area (Å²) in [4.78, 5) is 13.1. The molecule has 4 rings (SSSR count). The zero-order valence-corrected chi connectivity index (χ0v) is 16.3. The number of aldehydes is 1. The first kappa shape index (κ1) is 18.6. The highest BCUT2D eigenvalue weighted by Crippen LogP contribution is 2.44. The highest BCUT2D eigenvalue weighted by molar-refractivity contribution is 6.32. The van der Waals surface area contributed by atoms with Gasteiger partial charge in [0.15, 0.2) is 6.29 Å². The number of carbonyl (C=O) groups excluding carboxylic acids is 1. The van der Waals surface area contributed by atoms with Crippen molar-refractivity contribution in [3.8, 4) is 5.75 Å². The molecule has 0 spiro atoms. The average molecular weight is 408 g/mol. The smallest absolute Gasteiger partial charge is 0.153 e. The van der Waals surface area contributed by atoms with E-state index in [0.29, 0.717) is 12.2 Å². The summed E-state index contributed by atoms with van der Waals surface area (Å²) in [6.45, 7) is 1.66. The van der Waals surface area contributed by atoms with Gasteiger partial charge in [-0.25, -0.2) is 4.39 Å². The fourth-order valence-corrected chi connectivity index (χ4v) is 4.12. The number of nitrogens with zero attached hydrogens (tertiary/aromatic N) is 1. The maximum atomic E-state index is 13.8. The number of anilines is 1. The van der Waals surface area contributed by atoms with E-state index in [1.165, 1.54) is 30.5 Å². The predicted molar refractivity (Wildman–Crippen MR) is 106 cm³/mol. The lowest BCUT2D eigenvalue weighted by molar-refractivity contribution is 0.111. The molecule has 142 valence electrons. The van der Waals surface area contributed by atoms with Crippen LogP contribution in [0, 0.1) is 5.82 Å². The molecule has 6 heteroatoms. The Kier molecular flexibility index (Phi) is 5.29. The second-order valence-corrected chi connectivity index (χ2v) is 8.02. The summed E-state index contributed by atoms with van der Waals surface area (Å²) in [5.41, 5.74) is 2.32. The highest BCUT2D eigenvalue weighted by atomic mass is 35.5. The molecule has 1 saturated heterocycles. The molecule has 1 saturated carbocycles. The van der Waals surface area contributed by atoms with E-state index in [9.17, 15) is 9.18 Å². The van der Waals surface area contributed by atoms with E-state index >= 15 is 0 Å². The lowest BCUT2D eigenvalue weighted by Crippen LogP contribution is -2.38. The molecule has 2 aromatic rings. The van der Waals surface area contributed by atoms with E-state index in [1.807, 2.05) is 0 Å². The summed E-state index contributed by atoms with van der Waals surface area (Å²) >= 11 is 12.6. The van der Waals surface area contributed by atoms with Crippen LogP contribution in [0.4, 0.5) is 10.1 Å². The van der Waals surface area contributed by atoms with Crippen molar-refractivity contribution in [2.24, 2.45) is 0 Å². The molecular formula is C21H20Cl2FNO2. The summed E-state index contributed by atoms with van der Waals surface area (Å²) < 4.78 is 19.7. The van der Waals surface area contributed by atoms with Crippen LogP contribution in [0.25, 0.3) is 0 Å². The van der Waals surface area contributed by atoms with Gasteiger partial charge in [-0.05, 0) is 42.5 Å². The van der Waals surface area contributed by atoms with Gasteiger partial charge >= 0.3 is 0 Å². The van der Waals surface area contributed by atoms with E-state index < -0.39 is 5.82 Å². The molecule has 27 heavy (non-hydrogen) atoms. The minimum atomic E-state index is -0.618. The van der Waals surface area contributed by atoms with Gasteiger partial charge in [-0.1, -0.05) is 29.3 Å². The van der Waals surface area contributed by atoms with Crippen LogP contribution in [-0.2, 0) is 0 Å². The van der Waals surface area contributed by atoms with Gasteiger partial charge in [-0.3, -0.25) is 4.79 Å². The van der Waals surface area contributed by atoms with Crippen molar-refractivity contribution >= 4 is 35.2 Å². The van der Waals surface area contributed by atoms with Crippen LogP contribution in [0.2, 0.25) is 10.0 Å². The van der Waals surface area contributed by atoms with Crippen LogP contribution >= 0.6 is 23.2 Å². The van der Waals surface area contributed by atoms with E-state index in [2.05, 4.69) is 23.1 Å². The van der Waals surface area contributed by atoms with Crippen LogP contribution in [0.15, 0.2) is 30.3 Å². The molecule has 0 unspecified atom stereocenters. The highest BCUT2D eigenvalue weighted by Gasteiger charge is 2.27. The Morgan fingerprint density at radius 1 is 1.04 bits per heavy atom. The van der Waals surface area contributed by atoms with Crippen molar-refractivity contribution in [1.82, 2.24) is 0 Å². The Balaban J connectivity index is 1.38. The number of hydrogen-bond acceptors (Lipinski definition) is 3. The lowest BCUT2D eigenvalue weighted by atomic mass is 10.1. The maximum Gasteiger partial charge on any atom is 0.153 e. The van der Waals surface area contributed by atoms with E-state index in [4.69, 9.17) is 27.9 Å². The summed E-state index contributed by atoms with van der Waals surface area (Å²) in [5, 5.41) is 1.11. The molecule has 2 aromatic carbocycles. The Hall–Kier alpha value is -1.78. The molecule has 1 aliphatic carbocycles. The first-order valence-electron chi connectivity index (χ1n) is 9.20. The molecule has 0 bridgehead atoms. The van der Waals surface area contributed by atoms with E-state index in [-0.39, 0.29) is 22.4 Å². The van der Waals surface area contributed by atoms with Gasteiger partial charge in [0.1, 0.15) is 17.7 Å². The number of carbonyl (C=O) groups is 1. The quantitative estimate of drug-likeness (QED) is 0.580. The molecule has 1 aliphatic heterocycles.